The van der Waals surface area contributed by atoms with Crippen LogP contribution in [0.3, 0.4) is 0 Å². The van der Waals surface area contributed by atoms with Gasteiger partial charge in [-0.1, -0.05) is 18.2 Å². The number of ether oxygens (including phenoxy) is 1. The van der Waals surface area contributed by atoms with Gasteiger partial charge >= 0.3 is 12.1 Å². The van der Waals surface area contributed by atoms with Crippen LogP contribution < -0.4 is 4.90 Å². The van der Waals surface area contributed by atoms with E-state index >= 15 is 0 Å². The van der Waals surface area contributed by atoms with E-state index in [1.807, 2.05) is 24.3 Å². The maximum Gasteiger partial charge on any atom is 0.418 e. The third-order valence-corrected chi connectivity index (χ3v) is 3.59. The van der Waals surface area contributed by atoms with Crippen molar-refractivity contribution < 1.29 is 19.4 Å². The summed E-state index contributed by atoms with van der Waals surface area (Å²) >= 11 is 0. The van der Waals surface area contributed by atoms with Gasteiger partial charge in [0.05, 0.1) is 19.3 Å². The van der Waals surface area contributed by atoms with Crippen molar-refractivity contribution in [1.29, 1.82) is 0 Å². The summed E-state index contributed by atoms with van der Waals surface area (Å²) in [6.07, 6.45) is 3.27. The van der Waals surface area contributed by atoms with E-state index in [-0.39, 0.29) is 5.70 Å². The number of rotatable bonds is 1. The summed E-state index contributed by atoms with van der Waals surface area (Å²) < 4.78 is 4.82. The molecule has 3 rings (SSSR count). The lowest BCUT2D eigenvalue weighted by Gasteiger charge is -2.20. The molecule has 1 aromatic rings. The summed E-state index contributed by atoms with van der Waals surface area (Å²) in [4.78, 5) is 26.4. The topological polar surface area (TPSA) is 70.1 Å². The summed E-state index contributed by atoms with van der Waals surface area (Å²) in [5, 5.41) is 9.27. The molecule has 1 N–H and O–H groups in total. The molecule has 6 nitrogen and oxygen atoms in total. The Morgan fingerprint density at radius 3 is 2.76 bits per heavy atom. The molecule has 2 aliphatic heterocycles. The highest BCUT2D eigenvalue weighted by Gasteiger charge is 2.31. The molecule has 0 unspecified atom stereocenters. The van der Waals surface area contributed by atoms with E-state index in [9.17, 15) is 14.7 Å². The van der Waals surface area contributed by atoms with Gasteiger partial charge in [0.1, 0.15) is 5.70 Å². The highest BCUT2D eigenvalue weighted by atomic mass is 16.5. The van der Waals surface area contributed by atoms with Gasteiger partial charge in [0.25, 0.3) is 0 Å². The maximum absolute atomic E-state index is 12.0. The van der Waals surface area contributed by atoms with E-state index in [4.69, 9.17) is 4.74 Å². The second-order valence-electron chi connectivity index (χ2n) is 4.77. The fourth-order valence-electron chi connectivity index (χ4n) is 2.61. The fourth-order valence-corrected chi connectivity index (χ4v) is 2.61. The standard InChI is InChI=1S/C15H14N2O4/c1-21-15(20)17-9-11-6-7-13(14(18)19)16(11)8-10-4-2-3-5-12(10)17/h2-5,7,9H,6,8H2,1H3,(H,18,19). The van der Waals surface area contributed by atoms with Crippen molar-refractivity contribution in [3.8, 4) is 0 Å². The highest BCUT2D eigenvalue weighted by Crippen LogP contribution is 2.35. The van der Waals surface area contributed by atoms with Crippen molar-refractivity contribution >= 4 is 17.7 Å². The zero-order valence-electron chi connectivity index (χ0n) is 11.4. The Morgan fingerprint density at radius 1 is 1.29 bits per heavy atom. The lowest BCUT2D eigenvalue weighted by Crippen LogP contribution is -2.26. The van der Waals surface area contributed by atoms with Gasteiger partial charge in [-0.15, -0.1) is 0 Å². The summed E-state index contributed by atoms with van der Waals surface area (Å²) in [6.45, 7) is 0.410. The molecule has 108 valence electrons. The zero-order chi connectivity index (χ0) is 15.0. The van der Waals surface area contributed by atoms with Crippen LogP contribution >= 0.6 is 0 Å². The normalized spacial score (nSPS) is 16.4. The Bertz CT molecular complexity index is 678. The highest BCUT2D eigenvalue weighted by molar-refractivity contribution is 5.92. The van der Waals surface area contributed by atoms with Gasteiger partial charge in [-0.05, 0) is 17.7 Å². The predicted octanol–water partition coefficient (Wildman–Crippen LogP) is 2.29. The number of allylic oxidation sites excluding steroid dienone is 1. The summed E-state index contributed by atoms with van der Waals surface area (Å²) in [7, 11) is 1.32. The molecule has 0 saturated heterocycles. The summed E-state index contributed by atoms with van der Waals surface area (Å²) in [6, 6.07) is 7.38. The molecule has 0 radical (unpaired) electrons. The van der Waals surface area contributed by atoms with Crippen molar-refractivity contribution in [2.45, 2.75) is 13.0 Å². The van der Waals surface area contributed by atoms with Crippen molar-refractivity contribution in [2.75, 3.05) is 12.0 Å². The van der Waals surface area contributed by atoms with Crippen molar-refractivity contribution in [1.82, 2.24) is 4.90 Å². The third-order valence-electron chi connectivity index (χ3n) is 3.59. The summed E-state index contributed by atoms with van der Waals surface area (Å²) in [5.41, 5.74) is 2.57. The zero-order valence-corrected chi connectivity index (χ0v) is 11.4. The smallest absolute Gasteiger partial charge is 0.418 e. The summed E-state index contributed by atoms with van der Waals surface area (Å²) in [5.74, 6) is -0.970. The number of nitrogens with zero attached hydrogens (tertiary/aromatic N) is 2. The van der Waals surface area contributed by atoms with Crippen LogP contribution in [-0.2, 0) is 16.1 Å². The van der Waals surface area contributed by atoms with Crippen LogP contribution in [0, 0.1) is 0 Å². The van der Waals surface area contributed by atoms with Crippen LogP contribution in [0.4, 0.5) is 10.5 Å². The maximum atomic E-state index is 12.0. The molecule has 0 atom stereocenters. The van der Waals surface area contributed by atoms with Crippen LogP contribution in [-0.4, -0.2) is 29.2 Å². The Labute approximate surface area is 121 Å². The number of para-hydroxylation sites is 1. The quantitative estimate of drug-likeness (QED) is 0.857. The van der Waals surface area contributed by atoms with Crippen molar-refractivity contribution in [3.63, 3.8) is 0 Å². The average Bonchev–Trinajstić information content (AvgIpc) is 2.80. The number of fused-ring (bicyclic) bond motifs is 2. The Kier molecular flexibility index (Phi) is 3.13. The van der Waals surface area contributed by atoms with Gasteiger partial charge in [0, 0.05) is 18.3 Å². The Morgan fingerprint density at radius 2 is 2.05 bits per heavy atom. The molecule has 21 heavy (non-hydrogen) atoms. The molecule has 0 aromatic heterocycles. The molecule has 1 amide bonds. The monoisotopic (exact) mass is 286 g/mol. The minimum Gasteiger partial charge on any atom is -0.477 e. The lowest BCUT2D eigenvalue weighted by atomic mass is 10.1. The molecule has 2 heterocycles. The van der Waals surface area contributed by atoms with E-state index in [1.54, 1.807) is 17.2 Å². The lowest BCUT2D eigenvalue weighted by molar-refractivity contribution is -0.134. The molecule has 0 aliphatic carbocycles. The first-order valence-corrected chi connectivity index (χ1v) is 6.48. The number of aliphatic carboxylic acids is 1. The number of benzene rings is 1. The molecule has 0 fully saturated rings. The van der Waals surface area contributed by atoms with Gasteiger partial charge in [-0.25, -0.2) is 9.59 Å². The first-order valence-electron chi connectivity index (χ1n) is 6.48. The van der Waals surface area contributed by atoms with Gasteiger partial charge < -0.3 is 14.7 Å². The number of carbonyl (C=O) groups is 2. The average molecular weight is 286 g/mol. The molecule has 0 spiro atoms. The minimum atomic E-state index is -0.970. The van der Waals surface area contributed by atoms with Gasteiger partial charge in [-0.2, -0.15) is 0 Å². The minimum absolute atomic E-state index is 0.239. The van der Waals surface area contributed by atoms with E-state index < -0.39 is 12.1 Å². The van der Waals surface area contributed by atoms with Gasteiger partial charge in [-0.3, -0.25) is 4.90 Å². The fraction of sp³-hybridized carbons (Fsp3) is 0.200. The molecule has 0 bridgehead atoms. The second kappa shape index (κ2) is 4.97. The van der Waals surface area contributed by atoms with Crippen LogP contribution in [0.5, 0.6) is 0 Å². The van der Waals surface area contributed by atoms with Crippen LogP contribution in [0.2, 0.25) is 0 Å². The van der Waals surface area contributed by atoms with Crippen molar-refractivity contribution in [3.05, 3.63) is 53.5 Å². The molecule has 0 saturated carbocycles. The van der Waals surface area contributed by atoms with Crippen LogP contribution in [0.15, 0.2) is 47.9 Å². The van der Waals surface area contributed by atoms with Crippen LogP contribution in [0.25, 0.3) is 0 Å². The molecular weight excluding hydrogens is 272 g/mol. The number of hydrogen-bond acceptors (Lipinski definition) is 4. The number of amides is 1. The first kappa shape index (κ1) is 13.2. The largest absolute Gasteiger partial charge is 0.477 e. The molecule has 2 aliphatic rings. The van der Waals surface area contributed by atoms with E-state index in [1.165, 1.54) is 12.0 Å². The third kappa shape index (κ3) is 2.14. The number of methoxy groups -OCH3 is 1. The number of hydrogen-bond donors (Lipinski definition) is 1. The second-order valence-corrected chi connectivity index (χ2v) is 4.77. The Balaban J connectivity index is 2.10. The van der Waals surface area contributed by atoms with Gasteiger partial charge in [0.15, 0.2) is 0 Å². The van der Waals surface area contributed by atoms with E-state index in [2.05, 4.69) is 0 Å². The SMILES string of the molecule is COC(=O)N1C=C2CC=C(C(=O)O)N2Cc2ccccc21. The van der Waals surface area contributed by atoms with Crippen molar-refractivity contribution in [2.24, 2.45) is 0 Å². The number of anilines is 1. The molecule has 6 heteroatoms. The van der Waals surface area contributed by atoms with E-state index in [0.29, 0.717) is 18.7 Å². The van der Waals surface area contributed by atoms with E-state index in [0.717, 1.165) is 11.3 Å². The Hall–Kier alpha value is -2.76. The molecular formula is C15H14N2O4. The number of carbonyl (C=O) groups excluding carboxylic acids is 1. The first-order chi connectivity index (χ1) is 10.1. The van der Waals surface area contributed by atoms with Gasteiger partial charge in [0.2, 0.25) is 0 Å². The molecule has 1 aromatic carbocycles. The number of carboxylic acid groups (broad SMARTS) is 1. The number of carboxylic acids is 1. The predicted molar refractivity (Wildman–Crippen MR) is 75.3 cm³/mol. The van der Waals surface area contributed by atoms with Crippen LogP contribution in [0.1, 0.15) is 12.0 Å².